The summed E-state index contributed by atoms with van der Waals surface area (Å²) in [5.41, 5.74) is 4.68. The minimum absolute atomic E-state index is 0.149. The summed E-state index contributed by atoms with van der Waals surface area (Å²) in [5, 5.41) is 3.09. The second kappa shape index (κ2) is 11.9. The minimum Gasteiger partial charge on any atom is -0.483 e. The number of carbonyl (C=O) groups is 2. The zero-order valence-electron chi connectivity index (χ0n) is 22.3. The highest BCUT2D eigenvalue weighted by Gasteiger charge is 2.32. The van der Waals surface area contributed by atoms with E-state index in [-0.39, 0.29) is 18.4 Å². The lowest BCUT2D eigenvalue weighted by molar-refractivity contribution is -0.143. The third-order valence-corrected chi connectivity index (χ3v) is 5.94. The molecule has 0 aromatic heterocycles. The van der Waals surface area contributed by atoms with E-state index in [9.17, 15) is 9.59 Å². The number of carbonyl (C=O) groups excluding carboxylic acids is 2. The van der Waals surface area contributed by atoms with E-state index in [0.717, 1.165) is 27.8 Å². The van der Waals surface area contributed by atoms with Crippen molar-refractivity contribution in [2.75, 3.05) is 6.61 Å². The number of aryl methyl sites for hydroxylation is 3. The standard InChI is InChI=1S/C31H38N2O3/c1-22-13-16-26(17-14-22)20-33(29(34)21-36-28-18-23(2)12-15-24(28)3)27(30(35)32-31(4,5)6)19-25-10-8-7-9-11-25/h7-18,27H,19-21H2,1-6H3,(H,32,35). The maximum Gasteiger partial charge on any atom is 0.261 e. The maximum absolute atomic E-state index is 13.7. The van der Waals surface area contributed by atoms with Gasteiger partial charge in [0.25, 0.3) is 5.91 Å². The van der Waals surface area contributed by atoms with Crippen molar-refractivity contribution in [3.63, 3.8) is 0 Å². The van der Waals surface area contributed by atoms with Crippen molar-refractivity contribution < 1.29 is 14.3 Å². The molecule has 0 radical (unpaired) electrons. The molecule has 0 bridgehead atoms. The van der Waals surface area contributed by atoms with Crippen molar-refractivity contribution in [2.45, 2.75) is 66.1 Å². The summed E-state index contributed by atoms with van der Waals surface area (Å²) < 4.78 is 5.98. The molecule has 0 aliphatic carbocycles. The first-order valence-corrected chi connectivity index (χ1v) is 12.4. The van der Waals surface area contributed by atoms with Gasteiger partial charge in [0.2, 0.25) is 5.91 Å². The van der Waals surface area contributed by atoms with E-state index in [1.165, 1.54) is 0 Å². The van der Waals surface area contributed by atoms with Crippen LogP contribution in [0, 0.1) is 20.8 Å². The Balaban J connectivity index is 1.94. The van der Waals surface area contributed by atoms with Crippen molar-refractivity contribution in [3.8, 4) is 5.75 Å². The Morgan fingerprint density at radius 1 is 0.861 bits per heavy atom. The van der Waals surface area contributed by atoms with E-state index in [1.807, 2.05) is 114 Å². The number of ether oxygens (including phenoxy) is 1. The molecule has 3 aromatic rings. The van der Waals surface area contributed by atoms with Crippen LogP contribution < -0.4 is 10.1 Å². The minimum atomic E-state index is -0.692. The van der Waals surface area contributed by atoms with Crippen molar-refractivity contribution in [2.24, 2.45) is 0 Å². The van der Waals surface area contributed by atoms with Crippen LogP contribution in [-0.2, 0) is 22.6 Å². The fraction of sp³-hybridized carbons (Fsp3) is 0.355. The van der Waals surface area contributed by atoms with Crippen LogP contribution in [-0.4, -0.2) is 34.9 Å². The number of benzene rings is 3. The van der Waals surface area contributed by atoms with Gasteiger partial charge in [-0.25, -0.2) is 0 Å². The van der Waals surface area contributed by atoms with Crippen LogP contribution >= 0.6 is 0 Å². The van der Waals surface area contributed by atoms with Crippen LogP contribution in [0.1, 0.15) is 48.6 Å². The van der Waals surface area contributed by atoms with E-state index in [2.05, 4.69) is 5.32 Å². The molecule has 36 heavy (non-hydrogen) atoms. The molecule has 5 nitrogen and oxygen atoms in total. The highest BCUT2D eigenvalue weighted by Crippen LogP contribution is 2.21. The van der Waals surface area contributed by atoms with Gasteiger partial charge in [0.1, 0.15) is 11.8 Å². The average molecular weight is 487 g/mol. The van der Waals surface area contributed by atoms with Crippen LogP contribution in [0.25, 0.3) is 0 Å². The zero-order valence-corrected chi connectivity index (χ0v) is 22.3. The molecule has 0 aliphatic rings. The fourth-order valence-electron chi connectivity index (χ4n) is 3.98. The number of hydrogen-bond acceptors (Lipinski definition) is 3. The summed E-state index contributed by atoms with van der Waals surface area (Å²) >= 11 is 0. The summed E-state index contributed by atoms with van der Waals surface area (Å²) in [6, 6.07) is 23.1. The molecule has 1 atom stereocenters. The van der Waals surface area contributed by atoms with E-state index in [1.54, 1.807) is 4.90 Å². The van der Waals surface area contributed by atoms with Crippen LogP contribution in [0.4, 0.5) is 0 Å². The van der Waals surface area contributed by atoms with Crippen LogP contribution in [0.15, 0.2) is 72.8 Å². The fourth-order valence-corrected chi connectivity index (χ4v) is 3.98. The van der Waals surface area contributed by atoms with Gasteiger partial charge in [-0.3, -0.25) is 9.59 Å². The Kier molecular flexibility index (Phi) is 8.92. The summed E-state index contributed by atoms with van der Waals surface area (Å²) in [6.07, 6.45) is 0.407. The first kappa shape index (κ1) is 27.0. The molecule has 3 rings (SSSR count). The molecule has 3 aromatic carbocycles. The second-order valence-corrected chi connectivity index (χ2v) is 10.5. The van der Waals surface area contributed by atoms with Crippen molar-refractivity contribution in [1.29, 1.82) is 0 Å². The topological polar surface area (TPSA) is 58.6 Å². The number of nitrogens with zero attached hydrogens (tertiary/aromatic N) is 1. The summed E-state index contributed by atoms with van der Waals surface area (Å²) in [4.78, 5) is 28.9. The van der Waals surface area contributed by atoms with Gasteiger partial charge in [-0.05, 0) is 69.9 Å². The summed E-state index contributed by atoms with van der Waals surface area (Å²) in [6.45, 7) is 12.0. The number of hydrogen-bond donors (Lipinski definition) is 1. The van der Waals surface area contributed by atoms with Crippen LogP contribution in [0.2, 0.25) is 0 Å². The van der Waals surface area contributed by atoms with E-state index in [0.29, 0.717) is 18.7 Å². The zero-order chi connectivity index (χ0) is 26.3. The van der Waals surface area contributed by atoms with Gasteiger partial charge < -0.3 is 15.0 Å². The van der Waals surface area contributed by atoms with Gasteiger partial charge in [-0.1, -0.05) is 72.3 Å². The molecule has 0 fully saturated rings. The molecule has 5 heteroatoms. The van der Waals surface area contributed by atoms with Gasteiger partial charge in [0.15, 0.2) is 6.61 Å². The number of rotatable bonds is 9. The monoisotopic (exact) mass is 486 g/mol. The van der Waals surface area contributed by atoms with E-state index < -0.39 is 11.6 Å². The number of nitrogens with one attached hydrogen (secondary N) is 1. The molecular formula is C31H38N2O3. The van der Waals surface area contributed by atoms with Gasteiger partial charge in [-0.2, -0.15) is 0 Å². The highest BCUT2D eigenvalue weighted by atomic mass is 16.5. The molecule has 1 unspecified atom stereocenters. The summed E-state index contributed by atoms with van der Waals surface area (Å²) in [5.74, 6) is 0.261. The van der Waals surface area contributed by atoms with Crippen molar-refractivity contribution in [3.05, 3.63) is 101 Å². The quantitative estimate of drug-likeness (QED) is 0.432. The first-order chi connectivity index (χ1) is 17.0. The van der Waals surface area contributed by atoms with Crippen LogP contribution in [0.5, 0.6) is 5.75 Å². The van der Waals surface area contributed by atoms with Gasteiger partial charge in [0.05, 0.1) is 0 Å². The highest BCUT2D eigenvalue weighted by molar-refractivity contribution is 5.89. The lowest BCUT2D eigenvalue weighted by Crippen LogP contribution is -2.55. The number of amides is 2. The Morgan fingerprint density at radius 2 is 1.50 bits per heavy atom. The largest absolute Gasteiger partial charge is 0.483 e. The molecule has 2 amide bonds. The van der Waals surface area contributed by atoms with E-state index >= 15 is 0 Å². The molecule has 0 heterocycles. The third kappa shape index (κ3) is 7.98. The normalized spacial score (nSPS) is 12.1. The lowest BCUT2D eigenvalue weighted by Gasteiger charge is -2.34. The van der Waals surface area contributed by atoms with Crippen molar-refractivity contribution in [1.82, 2.24) is 10.2 Å². The Bertz CT molecular complexity index is 1160. The maximum atomic E-state index is 13.7. The molecule has 190 valence electrons. The molecule has 0 aliphatic heterocycles. The smallest absolute Gasteiger partial charge is 0.261 e. The third-order valence-electron chi connectivity index (χ3n) is 5.94. The second-order valence-electron chi connectivity index (χ2n) is 10.5. The lowest BCUT2D eigenvalue weighted by atomic mass is 10.0. The Morgan fingerprint density at radius 3 is 2.14 bits per heavy atom. The molecule has 0 saturated carbocycles. The molecule has 1 N–H and O–H groups in total. The Hall–Kier alpha value is -3.60. The molecular weight excluding hydrogens is 448 g/mol. The molecule has 0 spiro atoms. The Labute approximate surface area is 215 Å². The average Bonchev–Trinajstić information content (AvgIpc) is 2.82. The summed E-state index contributed by atoms with van der Waals surface area (Å²) in [7, 11) is 0. The van der Waals surface area contributed by atoms with E-state index in [4.69, 9.17) is 4.74 Å². The predicted molar refractivity (Wildman–Crippen MR) is 145 cm³/mol. The molecule has 0 saturated heterocycles. The first-order valence-electron chi connectivity index (χ1n) is 12.4. The van der Waals surface area contributed by atoms with Crippen LogP contribution in [0.3, 0.4) is 0 Å². The SMILES string of the molecule is Cc1ccc(CN(C(=O)COc2cc(C)ccc2C)C(Cc2ccccc2)C(=O)NC(C)(C)C)cc1. The van der Waals surface area contributed by atoms with Gasteiger partial charge in [-0.15, -0.1) is 0 Å². The van der Waals surface area contributed by atoms with Gasteiger partial charge >= 0.3 is 0 Å². The predicted octanol–water partition coefficient (Wildman–Crippen LogP) is 5.55. The van der Waals surface area contributed by atoms with Gasteiger partial charge in [0, 0.05) is 18.5 Å². The van der Waals surface area contributed by atoms with Crippen molar-refractivity contribution >= 4 is 11.8 Å².